The van der Waals surface area contributed by atoms with E-state index in [0.717, 1.165) is 0 Å². The van der Waals surface area contributed by atoms with Gasteiger partial charge in [-0.2, -0.15) is 0 Å². The van der Waals surface area contributed by atoms with E-state index in [0.29, 0.717) is 19.4 Å². The summed E-state index contributed by atoms with van der Waals surface area (Å²) in [5.74, 6) is -2.18. The molecule has 3 atom stereocenters. The van der Waals surface area contributed by atoms with E-state index in [4.69, 9.17) is 9.84 Å². The van der Waals surface area contributed by atoms with E-state index in [1.165, 1.54) is 6.92 Å². The highest BCUT2D eigenvalue weighted by Crippen LogP contribution is 2.21. The van der Waals surface area contributed by atoms with E-state index in [9.17, 15) is 14.4 Å². The number of ether oxygens (including phenoxy) is 1. The summed E-state index contributed by atoms with van der Waals surface area (Å²) in [6.07, 6.45) is 0.273. The Kier molecular flexibility index (Phi) is 5.57. The van der Waals surface area contributed by atoms with Crippen molar-refractivity contribution >= 4 is 18.0 Å². The Morgan fingerprint density at radius 1 is 1.48 bits per heavy atom. The summed E-state index contributed by atoms with van der Waals surface area (Å²) in [7, 11) is 0. The molecule has 0 saturated carbocycles. The van der Waals surface area contributed by atoms with Gasteiger partial charge in [-0.15, -0.1) is 0 Å². The van der Waals surface area contributed by atoms with Gasteiger partial charge in [0.15, 0.2) is 0 Å². The van der Waals surface area contributed by atoms with Crippen molar-refractivity contribution in [3.8, 4) is 0 Å². The first-order chi connectivity index (χ1) is 9.60. The molecule has 0 aromatic rings. The highest BCUT2D eigenvalue weighted by molar-refractivity contribution is 5.81. The molecule has 0 spiro atoms. The van der Waals surface area contributed by atoms with Crippen LogP contribution >= 0.6 is 0 Å². The molecule has 1 heterocycles. The van der Waals surface area contributed by atoms with Gasteiger partial charge in [0.1, 0.15) is 5.60 Å². The van der Waals surface area contributed by atoms with Gasteiger partial charge in [0, 0.05) is 18.5 Å². The van der Waals surface area contributed by atoms with Crippen molar-refractivity contribution in [3.63, 3.8) is 0 Å². The molecule has 1 saturated heterocycles. The van der Waals surface area contributed by atoms with E-state index in [1.807, 2.05) is 0 Å². The van der Waals surface area contributed by atoms with Crippen molar-refractivity contribution in [2.75, 3.05) is 6.54 Å². The van der Waals surface area contributed by atoms with E-state index >= 15 is 0 Å². The highest BCUT2D eigenvalue weighted by Gasteiger charge is 2.33. The molecule has 7 nitrogen and oxygen atoms in total. The molecule has 0 aromatic carbocycles. The smallest absolute Gasteiger partial charge is 0.407 e. The van der Waals surface area contributed by atoms with Crippen LogP contribution in [0, 0.1) is 11.8 Å². The SMILES string of the molecule is CC(C(=O)O)[C@H](C[C@@H]1CCNC1=O)NC(=O)OC(C)(C)C. The van der Waals surface area contributed by atoms with Crippen molar-refractivity contribution in [1.82, 2.24) is 10.6 Å². The summed E-state index contributed by atoms with van der Waals surface area (Å²) < 4.78 is 5.15. The number of carbonyl (C=O) groups is 3. The quantitative estimate of drug-likeness (QED) is 0.706. The third kappa shape index (κ3) is 5.61. The van der Waals surface area contributed by atoms with Crippen LogP contribution in [0.1, 0.15) is 40.5 Å². The minimum Gasteiger partial charge on any atom is -0.481 e. The average Bonchev–Trinajstić information content (AvgIpc) is 2.70. The predicted octanol–water partition coefficient (Wildman–Crippen LogP) is 1.13. The summed E-state index contributed by atoms with van der Waals surface area (Å²) in [5, 5.41) is 14.4. The third-order valence-electron chi connectivity index (χ3n) is 3.40. The average molecular weight is 300 g/mol. The van der Waals surface area contributed by atoms with Crippen LogP contribution in [0.2, 0.25) is 0 Å². The number of alkyl carbamates (subject to hydrolysis) is 1. The second-order valence-corrected chi connectivity index (χ2v) is 6.39. The number of nitrogens with one attached hydrogen (secondary N) is 2. The largest absolute Gasteiger partial charge is 0.481 e. The van der Waals surface area contributed by atoms with E-state index in [2.05, 4.69) is 10.6 Å². The molecule has 1 aliphatic rings. The maximum absolute atomic E-state index is 11.8. The molecule has 21 heavy (non-hydrogen) atoms. The van der Waals surface area contributed by atoms with Crippen LogP contribution in [0.3, 0.4) is 0 Å². The van der Waals surface area contributed by atoms with Crippen molar-refractivity contribution in [2.24, 2.45) is 11.8 Å². The fourth-order valence-electron chi connectivity index (χ4n) is 2.20. The molecular formula is C14H24N2O5. The summed E-state index contributed by atoms with van der Waals surface area (Å²) in [6.45, 7) is 7.28. The fourth-order valence-corrected chi connectivity index (χ4v) is 2.20. The molecule has 1 rings (SSSR count). The number of hydrogen-bond donors (Lipinski definition) is 3. The van der Waals surface area contributed by atoms with E-state index in [1.54, 1.807) is 20.8 Å². The second kappa shape index (κ2) is 6.78. The number of carboxylic acid groups (broad SMARTS) is 1. The van der Waals surface area contributed by atoms with Gasteiger partial charge in [-0.1, -0.05) is 0 Å². The molecule has 1 unspecified atom stereocenters. The lowest BCUT2D eigenvalue weighted by molar-refractivity contribution is -0.142. The zero-order chi connectivity index (χ0) is 16.2. The molecule has 1 fully saturated rings. The van der Waals surface area contributed by atoms with Gasteiger partial charge in [0.25, 0.3) is 0 Å². The van der Waals surface area contributed by atoms with Gasteiger partial charge in [0.2, 0.25) is 5.91 Å². The maximum atomic E-state index is 11.8. The van der Waals surface area contributed by atoms with Crippen LogP contribution in [0.15, 0.2) is 0 Å². The third-order valence-corrected chi connectivity index (χ3v) is 3.40. The molecule has 0 aliphatic carbocycles. The van der Waals surface area contributed by atoms with Gasteiger partial charge < -0.3 is 20.5 Å². The van der Waals surface area contributed by atoms with Gasteiger partial charge in [-0.3, -0.25) is 9.59 Å². The minimum absolute atomic E-state index is 0.0939. The Labute approximate surface area is 124 Å². The van der Waals surface area contributed by atoms with Gasteiger partial charge >= 0.3 is 12.1 Å². The first kappa shape index (κ1) is 17.3. The summed E-state index contributed by atoms with van der Waals surface area (Å²) in [4.78, 5) is 34.6. The van der Waals surface area contributed by atoms with Crippen molar-refractivity contribution in [3.05, 3.63) is 0 Å². The number of carboxylic acids is 1. The number of rotatable bonds is 5. The lowest BCUT2D eigenvalue weighted by Gasteiger charge is -2.26. The Balaban J connectivity index is 2.70. The fraction of sp³-hybridized carbons (Fsp3) is 0.786. The predicted molar refractivity (Wildman–Crippen MR) is 75.7 cm³/mol. The van der Waals surface area contributed by atoms with Gasteiger partial charge in [0.05, 0.1) is 5.92 Å². The number of aliphatic carboxylic acids is 1. The van der Waals surface area contributed by atoms with Crippen LogP contribution in [0.25, 0.3) is 0 Å². The van der Waals surface area contributed by atoms with E-state index in [-0.39, 0.29) is 11.8 Å². The van der Waals surface area contributed by atoms with Crippen LogP contribution in [0.4, 0.5) is 4.79 Å². The number of hydrogen-bond acceptors (Lipinski definition) is 4. The van der Waals surface area contributed by atoms with Crippen molar-refractivity contribution < 1.29 is 24.2 Å². The molecular weight excluding hydrogens is 276 g/mol. The van der Waals surface area contributed by atoms with Gasteiger partial charge in [-0.25, -0.2) is 4.79 Å². The Bertz CT molecular complexity index is 416. The van der Waals surface area contributed by atoms with Crippen LogP contribution in [0.5, 0.6) is 0 Å². The van der Waals surface area contributed by atoms with Crippen LogP contribution in [-0.2, 0) is 14.3 Å². The number of carbonyl (C=O) groups excluding carboxylic acids is 2. The second-order valence-electron chi connectivity index (χ2n) is 6.39. The molecule has 0 aromatic heterocycles. The molecule has 2 amide bonds. The molecule has 0 radical (unpaired) electrons. The lowest BCUT2D eigenvalue weighted by Crippen LogP contribution is -2.46. The molecule has 1 aliphatic heterocycles. The topological polar surface area (TPSA) is 105 Å². The molecule has 120 valence electrons. The standard InChI is InChI=1S/C14H24N2O5/c1-8(12(18)19)10(7-9-5-6-15-11(9)17)16-13(20)21-14(2,3)4/h8-10H,5-7H2,1-4H3,(H,15,17)(H,16,20)(H,18,19)/t8?,9-,10-/m0/s1. The molecule has 7 heteroatoms. The Morgan fingerprint density at radius 2 is 2.10 bits per heavy atom. The lowest BCUT2D eigenvalue weighted by atomic mass is 9.90. The van der Waals surface area contributed by atoms with Crippen molar-refractivity contribution in [2.45, 2.75) is 52.2 Å². The summed E-state index contributed by atoms with van der Waals surface area (Å²) in [5.41, 5.74) is -0.661. The Hall–Kier alpha value is -1.79. The van der Waals surface area contributed by atoms with Crippen LogP contribution in [-0.4, -0.2) is 41.3 Å². The summed E-state index contributed by atoms with van der Waals surface area (Å²) >= 11 is 0. The first-order valence-electron chi connectivity index (χ1n) is 7.10. The minimum atomic E-state index is -1.02. The van der Waals surface area contributed by atoms with Crippen LogP contribution < -0.4 is 10.6 Å². The van der Waals surface area contributed by atoms with Crippen molar-refractivity contribution in [1.29, 1.82) is 0 Å². The maximum Gasteiger partial charge on any atom is 0.407 e. The molecule has 3 N–H and O–H groups in total. The highest BCUT2D eigenvalue weighted by atomic mass is 16.6. The number of amides is 2. The zero-order valence-electron chi connectivity index (χ0n) is 12.9. The first-order valence-corrected chi connectivity index (χ1v) is 7.10. The zero-order valence-corrected chi connectivity index (χ0v) is 12.9. The normalized spacial score (nSPS) is 21.3. The summed E-state index contributed by atoms with van der Waals surface area (Å²) in [6, 6.07) is -0.647. The molecule has 0 bridgehead atoms. The Morgan fingerprint density at radius 3 is 2.52 bits per heavy atom. The monoisotopic (exact) mass is 300 g/mol. The van der Waals surface area contributed by atoms with Gasteiger partial charge in [-0.05, 0) is 40.5 Å². The van der Waals surface area contributed by atoms with E-state index < -0.39 is 29.6 Å².